The zero-order chi connectivity index (χ0) is 29.9. The predicted octanol–water partition coefficient (Wildman–Crippen LogP) is 10.5. The van der Waals surface area contributed by atoms with Crippen molar-refractivity contribution in [2.24, 2.45) is 0 Å². The van der Waals surface area contributed by atoms with Crippen LogP contribution >= 0.6 is 11.6 Å². The Kier molecular flexibility index (Phi) is 5.80. The van der Waals surface area contributed by atoms with Crippen molar-refractivity contribution in [3.8, 4) is 39.9 Å². The summed E-state index contributed by atoms with van der Waals surface area (Å²) >= 11 is 6.30. The van der Waals surface area contributed by atoms with Crippen molar-refractivity contribution in [3.05, 3.63) is 145 Å². The Hall–Kier alpha value is -5.78. The Morgan fingerprint density at radius 2 is 1.18 bits per heavy atom. The molecule has 0 atom stereocenters. The lowest BCUT2D eigenvalue weighted by molar-refractivity contribution is 0.669. The normalized spacial score (nSPS) is 11.7. The number of para-hydroxylation sites is 2. The highest BCUT2D eigenvalue weighted by Gasteiger charge is 2.19. The fourth-order valence-electron chi connectivity index (χ4n) is 6.29. The van der Waals surface area contributed by atoms with E-state index in [4.69, 9.17) is 31.0 Å². The van der Waals surface area contributed by atoms with Crippen LogP contribution in [0.2, 0.25) is 5.02 Å². The van der Waals surface area contributed by atoms with Crippen molar-refractivity contribution >= 4 is 55.3 Å². The molecule has 0 aliphatic carbocycles. The number of benzene rings is 6. The molecule has 3 heterocycles. The van der Waals surface area contributed by atoms with Crippen LogP contribution in [0.25, 0.3) is 83.6 Å². The van der Waals surface area contributed by atoms with E-state index >= 15 is 0 Å². The largest absolute Gasteiger partial charge is 0.456 e. The monoisotopic (exact) mass is 598 g/mol. The van der Waals surface area contributed by atoms with Crippen LogP contribution in [0.1, 0.15) is 0 Å². The molecule has 0 amide bonds. The highest BCUT2D eigenvalue weighted by atomic mass is 35.5. The summed E-state index contributed by atoms with van der Waals surface area (Å²) in [5.41, 5.74) is 7.49. The van der Waals surface area contributed by atoms with E-state index < -0.39 is 0 Å². The Morgan fingerprint density at radius 1 is 0.489 bits per heavy atom. The Morgan fingerprint density at radius 3 is 2.02 bits per heavy atom. The standard InChI is InChI=1S/C39H23ClN4O/c40-26-19-21-30-35(23-26)45-34-17-9-15-31(36(30)34)39-42-37(24-10-3-1-4-11-24)41-38(43-39)25-18-20-29-28-14-7-8-16-32(28)44(33(29)22-25)27-12-5-2-6-13-27/h1-23H. The van der Waals surface area contributed by atoms with E-state index in [0.29, 0.717) is 22.5 Å². The minimum absolute atomic E-state index is 0.575. The highest BCUT2D eigenvalue weighted by Crippen LogP contribution is 2.38. The molecule has 9 aromatic rings. The van der Waals surface area contributed by atoms with Crippen LogP contribution in [0.3, 0.4) is 0 Å². The van der Waals surface area contributed by atoms with Gasteiger partial charge in [0, 0.05) is 55.0 Å². The molecule has 0 spiro atoms. The molecule has 0 radical (unpaired) electrons. The molecule has 5 nitrogen and oxygen atoms in total. The van der Waals surface area contributed by atoms with E-state index in [2.05, 4.69) is 71.3 Å². The molecule has 6 heteroatoms. The number of hydrogen-bond donors (Lipinski definition) is 0. The van der Waals surface area contributed by atoms with Gasteiger partial charge in [-0.3, -0.25) is 0 Å². The molecule has 0 fully saturated rings. The van der Waals surface area contributed by atoms with Gasteiger partial charge in [0.15, 0.2) is 17.5 Å². The predicted molar refractivity (Wildman–Crippen MR) is 183 cm³/mol. The van der Waals surface area contributed by atoms with Crippen molar-refractivity contribution < 1.29 is 4.42 Å². The van der Waals surface area contributed by atoms with Gasteiger partial charge in [0.05, 0.1) is 11.0 Å². The summed E-state index contributed by atoms with van der Waals surface area (Å²) in [4.78, 5) is 15.2. The van der Waals surface area contributed by atoms with Gasteiger partial charge in [-0.05, 0) is 42.5 Å². The van der Waals surface area contributed by atoms with Crippen LogP contribution in [0.4, 0.5) is 0 Å². The lowest BCUT2D eigenvalue weighted by atomic mass is 10.1. The molecule has 0 aliphatic heterocycles. The zero-order valence-corrected chi connectivity index (χ0v) is 24.6. The van der Waals surface area contributed by atoms with Crippen LogP contribution in [0.15, 0.2) is 144 Å². The van der Waals surface area contributed by atoms with Gasteiger partial charge in [0.2, 0.25) is 0 Å². The average molecular weight is 599 g/mol. The maximum atomic E-state index is 6.30. The molecule has 0 saturated carbocycles. The molecule has 6 aromatic carbocycles. The van der Waals surface area contributed by atoms with Gasteiger partial charge in [-0.1, -0.05) is 103 Å². The summed E-state index contributed by atoms with van der Waals surface area (Å²) in [6, 6.07) is 47.1. The SMILES string of the molecule is Clc1ccc2c(c1)oc1cccc(-c3nc(-c4ccccc4)nc(-c4ccc5c6ccccc6n(-c6ccccc6)c5c4)n3)c12. The zero-order valence-electron chi connectivity index (χ0n) is 23.9. The molecule has 212 valence electrons. The third kappa shape index (κ3) is 4.20. The van der Waals surface area contributed by atoms with Crippen LogP contribution in [-0.2, 0) is 0 Å². The van der Waals surface area contributed by atoms with Gasteiger partial charge in [0.1, 0.15) is 11.2 Å². The number of nitrogens with zero attached hydrogens (tertiary/aromatic N) is 4. The molecule has 0 unspecified atom stereocenters. The lowest BCUT2D eigenvalue weighted by Crippen LogP contribution is -2.00. The number of furan rings is 1. The van der Waals surface area contributed by atoms with Gasteiger partial charge in [-0.2, -0.15) is 0 Å². The maximum absolute atomic E-state index is 6.30. The van der Waals surface area contributed by atoms with Crippen molar-refractivity contribution in [2.45, 2.75) is 0 Å². The van der Waals surface area contributed by atoms with E-state index in [1.54, 1.807) is 0 Å². The van der Waals surface area contributed by atoms with Crippen LogP contribution < -0.4 is 0 Å². The van der Waals surface area contributed by atoms with Gasteiger partial charge in [-0.15, -0.1) is 0 Å². The molecule has 0 saturated heterocycles. The van der Waals surface area contributed by atoms with Crippen molar-refractivity contribution in [1.29, 1.82) is 0 Å². The van der Waals surface area contributed by atoms with Crippen molar-refractivity contribution in [1.82, 2.24) is 19.5 Å². The summed E-state index contributed by atoms with van der Waals surface area (Å²) < 4.78 is 8.50. The van der Waals surface area contributed by atoms with E-state index in [1.165, 1.54) is 10.8 Å². The first-order valence-corrected chi connectivity index (χ1v) is 15.1. The number of rotatable bonds is 4. The summed E-state index contributed by atoms with van der Waals surface area (Å²) in [5.74, 6) is 1.77. The van der Waals surface area contributed by atoms with Crippen LogP contribution in [0.5, 0.6) is 0 Å². The number of fused-ring (bicyclic) bond motifs is 6. The molecule has 0 aliphatic rings. The molecular weight excluding hydrogens is 576 g/mol. The van der Waals surface area contributed by atoms with Gasteiger partial charge in [0.25, 0.3) is 0 Å². The Labute approximate surface area is 263 Å². The van der Waals surface area contributed by atoms with E-state index in [-0.39, 0.29) is 0 Å². The smallest absolute Gasteiger partial charge is 0.164 e. The number of hydrogen-bond acceptors (Lipinski definition) is 4. The second-order valence-corrected chi connectivity index (χ2v) is 11.4. The van der Waals surface area contributed by atoms with E-state index in [0.717, 1.165) is 55.3 Å². The molecule has 9 rings (SSSR count). The number of halogens is 1. The topological polar surface area (TPSA) is 56.7 Å². The summed E-state index contributed by atoms with van der Waals surface area (Å²) in [7, 11) is 0. The van der Waals surface area contributed by atoms with Crippen LogP contribution in [0, 0.1) is 0 Å². The fourth-order valence-corrected chi connectivity index (χ4v) is 6.45. The van der Waals surface area contributed by atoms with E-state index in [1.807, 2.05) is 72.8 Å². The number of aromatic nitrogens is 4. The minimum atomic E-state index is 0.575. The molecular formula is C39H23ClN4O. The fraction of sp³-hybridized carbons (Fsp3) is 0. The second kappa shape index (κ2) is 10.2. The van der Waals surface area contributed by atoms with Crippen molar-refractivity contribution in [3.63, 3.8) is 0 Å². The highest BCUT2D eigenvalue weighted by molar-refractivity contribution is 6.31. The quantitative estimate of drug-likeness (QED) is 0.202. The second-order valence-electron chi connectivity index (χ2n) is 11.0. The summed E-state index contributed by atoms with van der Waals surface area (Å²) in [6.07, 6.45) is 0. The lowest BCUT2D eigenvalue weighted by Gasteiger charge is -2.11. The molecule has 3 aromatic heterocycles. The molecule has 0 N–H and O–H groups in total. The third-order valence-corrected chi connectivity index (χ3v) is 8.55. The first-order valence-electron chi connectivity index (χ1n) is 14.7. The van der Waals surface area contributed by atoms with Crippen molar-refractivity contribution in [2.75, 3.05) is 0 Å². The first kappa shape index (κ1) is 25.7. The van der Waals surface area contributed by atoms with Gasteiger partial charge in [-0.25, -0.2) is 15.0 Å². The maximum Gasteiger partial charge on any atom is 0.164 e. The van der Waals surface area contributed by atoms with E-state index in [9.17, 15) is 0 Å². The third-order valence-electron chi connectivity index (χ3n) is 8.31. The summed E-state index contributed by atoms with van der Waals surface area (Å²) in [6.45, 7) is 0. The molecule has 45 heavy (non-hydrogen) atoms. The Balaban J connectivity index is 1.31. The van der Waals surface area contributed by atoms with Crippen LogP contribution in [-0.4, -0.2) is 19.5 Å². The molecule has 0 bridgehead atoms. The van der Waals surface area contributed by atoms with Gasteiger partial charge >= 0.3 is 0 Å². The summed E-state index contributed by atoms with van der Waals surface area (Å²) in [5, 5.41) is 4.90. The average Bonchev–Trinajstić information content (AvgIpc) is 3.63. The first-order chi connectivity index (χ1) is 22.2. The Bertz CT molecular complexity index is 2550. The van der Waals surface area contributed by atoms with Gasteiger partial charge < -0.3 is 8.98 Å². The minimum Gasteiger partial charge on any atom is -0.456 e.